The Morgan fingerprint density at radius 1 is 1.56 bits per heavy atom. The third-order valence-corrected chi connectivity index (χ3v) is 2.91. The zero-order valence-corrected chi connectivity index (χ0v) is 8.99. The average molecular weight is 218 g/mol. The van der Waals surface area contributed by atoms with E-state index in [1.807, 2.05) is 6.07 Å². The molecule has 0 atom stereocenters. The largest absolute Gasteiger partial charge is 0.370 e. The van der Waals surface area contributed by atoms with E-state index in [-0.39, 0.29) is 5.69 Å². The van der Waals surface area contributed by atoms with Crippen molar-refractivity contribution in [3.8, 4) is 6.07 Å². The van der Waals surface area contributed by atoms with Crippen molar-refractivity contribution in [2.45, 2.75) is 25.7 Å². The molecular formula is C11H14N4O. The van der Waals surface area contributed by atoms with Crippen molar-refractivity contribution in [2.24, 2.45) is 5.92 Å². The van der Waals surface area contributed by atoms with Crippen LogP contribution in [0.15, 0.2) is 10.9 Å². The van der Waals surface area contributed by atoms with Crippen molar-refractivity contribution in [2.75, 3.05) is 11.9 Å². The average Bonchev–Trinajstić information content (AvgIpc) is 2.78. The Kier molecular flexibility index (Phi) is 3.20. The first kappa shape index (κ1) is 10.7. The minimum atomic E-state index is -0.479. The van der Waals surface area contributed by atoms with E-state index in [1.165, 1.54) is 25.7 Å². The number of nitrogens with zero attached hydrogens (tertiary/aromatic N) is 2. The summed E-state index contributed by atoms with van der Waals surface area (Å²) in [5, 5.41) is 11.8. The molecule has 1 aliphatic carbocycles. The molecule has 1 heterocycles. The summed E-state index contributed by atoms with van der Waals surface area (Å²) in [4.78, 5) is 17.2. The predicted molar refractivity (Wildman–Crippen MR) is 60.0 cm³/mol. The van der Waals surface area contributed by atoms with Crippen molar-refractivity contribution in [3.63, 3.8) is 0 Å². The van der Waals surface area contributed by atoms with Crippen molar-refractivity contribution in [3.05, 3.63) is 22.2 Å². The van der Waals surface area contributed by atoms with Crippen LogP contribution in [0.4, 0.5) is 5.82 Å². The molecule has 0 aromatic carbocycles. The van der Waals surface area contributed by atoms with Crippen LogP contribution in [-0.4, -0.2) is 16.5 Å². The first-order valence-electron chi connectivity index (χ1n) is 5.53. The number of aromatic nitrogens is 2. The quantitative estimate of drug-likeness (QED) is 0.799. The first-order valence-corrected chi connectivity index (χ1v) is 5.53. The summed E-state index contributed by atoms with van der Waals surface area (Å²) in [5.41, 5.74) is -0.234. The van der Waals surface area contributed by atoms with Crippen LogP contribution in [0.25, 0.3) is 0 Å². The number of anilines is 1. The van der Waals surface area contributed by atoms with E-state index >= 15 is 0 Å². The summed E-state index contributed by atoms with van der Waals surface area (Å²) in [6, 6.07) is 3.47. The normalized spacial score (nSPS) is 15.9. The van der Waals surface area contributed by atoms with Gasteiger partial charge in [-0.25, -0.2) is 4.79 Å². The number of aromatic amines is 1. The lowest BCUT2D eigenvalue weighted by atomic mass is 10.1. The number of hydrogen-bond donors (Lipinski definition) is 2. The van der Waals surface area contributed by atoms with Crippen LogP contribution in [0.3, 0.4) is 0 Å². The monoisotopic (exact) mass is 218 g/mol. The molecule has 0 unspecified atom stereocenters. The molecule has 1 fully saturated rings. The Hall–Kier alpha value is -1.83. The number of H-pyrrole nitrogens is 1. The van der Waals surface area contributed by atoms with Gasteiger partial charge in [0.1, 0.15) is 17.6 Å². The molecule has 0 spiro atoms. The molecule has 0 bridgehead atoms. The van der Waals surface area contributed by atoms with Gasteiger partial charge in [-0.2, -0.15) is 10.2 Å². The SMILES string of the molecule is N#Cc1cc(NCC2CCCC2)nc(=O)[nH]1. The topological polar surface area (TPSA) is 81.6 Å². The number of nitrogens with one attached hydrogen (secondary N) is 2. The van der Waals surface area contributed by atoms with Crippen LogP contribution in [0.2, 0.25) is 0 Å². The molecule has 0 aliphatic heterocycles. The zero-order valence-electron chi connectivity index (χ0n) is 8.99. The molecule has 1 aromatic rings. The van der Waals surface area contributed by atoms with E-state index in [0.717, 1.165) is 6.54 Å². The zero-order chi connectivity index (χ0) is 11.4. The maximum atomic E-state index is 11.1. The molecule has 1 aromatic heterocycles. The van der Waals surface area contributed by atoms with Crippen molar-refractivity contribution < 1.29 is 0 Å². The van der Waals surface area contributed by atoms with Crippen molar-refractivity contribution >= 4 is 5.82 Å². The Balaban J connectivity index is 2.01. The lowest BCUT2D eigenvalue weighted by Gasteiger charge is -2.10. The third-order valence-electron chi connectivity index (χ3n) is 2.91. The van der Waals surface area contributed by atoms with Gasteiger partial charge in [0.05, 0.1) is 0 Å². The molecular weight excluding hydrogens is 204 g/mol. The smallest absolute Gasteiger partial charge is 0.347 e. The minimum Gasteiger partial charge on any atom is -0.370 e. The lowest BCUT2D eigenvalue weighted by molar-refractivity contribution is 0.578. The highest BCUT2D eigenvalue weighted by atomic mass is 16.1. The van der Waals surface area contributed by atoms with Crippen LogP contribution in [-0.2, 0) is 0 Å². The standard InChI is InChI=1S/C11H14N4O/c12-6-9-5-10(15-11(16)14-9)13-7-8-3-1-2-4-8/h5,8H,1-4,7H2,(H2,13,14,15,16). The van der Waals surface area contributed by atoms with E-state index in [4.69, 9.17) is 5.26 Å². The summed E-state index contributed by atoms with van der Waals surface area (Å²) < 4.78 is 0. The molecule has 0 amide bonds. The predicted octanol–water partition coefficient (Wildman–Crippen LogP) is 1.24. The summed E-state index contributed by atoms with van der Waals surface area (Å²) in [5.74, 6) is 1.17. The van der Waals surface area contributed by atoms with E-state index in [1.54, 1.807) is 6.07 Å². The minimum absolute atomic E-state index is 0.244. The Morgan fingerprint density at radius 2 is 2.31 bits per heavy atom. The second-order valence-electron chi connectivity index (χ2n) is 4.13. The number of nitriles is 1. The maximum Gasteiger partial charge on any atom is 0.347 e. The highest BCUT2D eigenvalue weighted by Gasteiger charge is 2.14. The van der Waals surface area contributed by atoms with Gasteiger partial charge in [-0.3, -0.25) is 4.98 Å². The van der Waals surface area contributed by atoms with Crippen LogP contribution in [0.1, 0.15) is 31.4 Å². The molecule has 5 heteroatoms. The van der Waals surface area contributed by atoms with Gasteiger partial charge in [-0.15, -0.1) is 0 Å². The van der Waals surface area contributed by atoms with E-state index < -0.39 is 5.69 Å². The van der Waals surface area contributed by atoms with Gasteiger partial charge in [0.25, 0.3) is 0 Å². The van der Waals surface area contributed by atoms with Gasteiger partial charge < -0.3 is 5.32 Å². The molecule has 84 valence electrons. The first-order chi connectivity index (χ1) is 7.78. The van der Waals surface area contributed by atoms with E-state index in [9.17, 15) is 4.79 Å². The second kappa shape index (κ2) is 4.79. The molecule has 1 aliphatic rings. The molecule has 1 saturated carbocycles. The molecule has 2 N–H and O–H groups in total. The fraction of sp³-hybridized carbons (Fsp3) is 0.545. The maximum absolute atomic E-state index is 11.1. The van der Waals surface area contributed by atoms with Crippen molar-refractivity contribution in [1.82, 2.24) is 9.97 Å². The van der Waals surface area contributed by atoms with Gasteiger partial charge in [0, 0.05) is 12.6 Å². The molecule has 5 nitrogen and oxygen atoms in total. The lowest BCUT2D eigenvalue weighted by Crippen LogP contribution is -2.18. The fourth-order valence-electron chi connectivity index (χ4n) is 2.07. The highest BCUT2D eigenvalue weighted by Crippen LogP contribution is 2.24. The van der Waals surface area contributed by atoms with E-state index in [0.29, 0.717) is 11.7 Å². The number of rotatable bonds is 3. The van der Waals surface area contributed by atoms with Crippen LogP contribution >= 0.6 is 0 Å². The molecule has 0 radical (unpaired) electrons. The summed E-state index contributed by atoms with van der Waals surface area (Å²) >= 11 is 0. The van der Waals surface area contributed by atoms with Crippen molar-refractivity contribution in [1.29, 1.82) is 5.26 Å². The Labute approximate surface area is 93.5 Å². The summed E-state index contributed by atoms with van der Waals surface area (Å²) in [6.45, 7) is 0.835. The Bertz CT molecular complexity index is 454. The summed E-state index contributed by atoms with van der Waals surface area (Å²) in [6.07, 6.45) is 5.06. The van der Waals surface area contributed by atoms with Crippen LogP contribution < -0.4 is 11.0 Å². The van der Waals surface area contributed by atoms with Gasteiger partial charge >= 0.3 is 5.69 Å². The van der Waals surface area contributed by atoms with Gasteiger partial charge in [0.2, 0.25) is 0 Å². The molecule has 2 rings (SSSR count). The van der Waals surface area contributed by atoms with Gasteiger partial charge in [0.15, 0.2) is 0 Å². The third kappa shape index (κ3) is 2.60. The molecule has 16 heavy (non-hydrogen) atoms. The Morgan fingerprint density at radius 3 is 3.00 bits per heavy atom. The molecule has 0 saturated heterocycles. The van der Waals surface area contributed by atoms with Crippen LogP contribution in [0, 0.1) is 17.2 Å². The van der Waals surface area contributed by atoms with Gasteiger partial charge in [-0.05, 0) is 18.8 Å². The number of hydrogen-bond acceptors (Lipinski definition) is 4. The van der Waals surface area contributed by atoms with Crippen LogP contribution in [0.5, 0.6) is 0 Å². The fourth-order valence-corrected chi connectivity index (χ4v) is 2.07. The highest BCUT2D eigenvalue weighted by molar-refractivity contribution is 5.38. The van der Waals surface area contributed by atoms with Gasteiger partial charge in [-0.1, -0.05) is 12.8 Å². The van der Waals surface area contributed by atoms with E-state index in [2.05, 4.69) is 15.3 Å². The second-order valence-corrected chi connectivity index (χ2v) is 4.13. The summed E-state index contributed by atoms with van der Waals surface area (Å²) in [7, 11) is 0.